The Morgan fingerprint density at radius 3 is 2.96 bits per heavy atom. The lowest BCUT2D eigenvalue weighted by Gasteiger charge is -2.20. The smallest absolute Gasteiger partial charge is 0.267 e. The standard InChI is InChI=1S/C16H16BrN5O3/c17-14-3-2-11(25-14)8-18-12-9-24-10-13(12)22-16(23)5-4-15(20-22)21-7-1-6-19-21/h1-7,12-13,18H,8-10H2. The van der Waals surface area contributed by atoms with E-state index < -0.39 is 0 Å². The number of hydrogen-bond acceptors (Lipinski definition) is 6. The van der Waals surface area contributed by atoms with E-state index in [2.05, 4.69) is 31.4 Å². The van der Waals surface area contributed by atoms with Gasteiger partial charge in [-0.2, -0.15) is 5.10 Å². The van der Waals surface area contributed by atoms with E-state index in [9.17, 15) is 4.79 Å². The van der Waals surface area contributed by atoms with Crippen LogP contribution in [0.2, 0.25) is 0 Å². The minimum atomic E-state index is -0.193. The summed E-state index contributed by atoms with van der Waals surface area (Å²) < 4.78 is 14.9. The number of nitrogens with zero attached hydrogens (tertiary/aromatic N) is 4. The van der Waals surface area contributed by atoms with Gasteiger partial charge in [-0.3, -0.25) is 4.79 Å². The van der Waals surface area contributed by atoms with E-state index in [-0.39, 0.29) is 17.6 Å². The van der Waals surface area contributed by atoms with Crippen molar-refractivity contribution >= 4 is 15.9 Å². The van der Waals surface area contributed by atoms with E-state index in [1.807, 2.05) is 18.2 Å². The van der Waals surface area contributed by atoms with Gasteiger partial charge in [0.05, 0.1) is 31.8 Å². The molecule has 130 valence electrons. The quantitative estimate of drug-likeness (QED) is 0.692. The van der Waals surface area contributed by atoms with Crippen molar-refractivity contribution in [2.75, 3.05) is 13.2 Å². The van der Waals surface area contributed by atoms with Gasteiger partial charge in [0.1, 0.15) is 5.76 Å². The molecule has 1 saturated heterocycles. The molecule has 8 nitrogen and oxygen atoms in total. The minimum Gasteiger partial charge on any atom is -0.453 e. The zero-order valence-corrected chi connectivity index (χ0v) is 14.8. The van der Waals surface area contributed by atoms with Gasteiger partial charge < -0.3 is 14.5 Å². The highest BCUT2D eigenvalue weighted by Crippen LogP contribution is 2.19. The van der Waals surface area contributed by atoms with Crippen LogP contribution in [0.4, 0.5) is 0 Å². The minimum absolute atomic E-state index is 0.0399. The fourth-order valence-electron chi connectivity index (χ4n) is 2.84. The van der Waals surface area contributed by atoms with Crippen LogP contribution in [0.3, 0.4) is 0 Å². The SMILES string of the molecule is O=c1ccc(-n2cccn2)nn1C1COCC1NCc1ccc(Br)o1. The summed E-state index contributed by atoms with van der Waals surface area (Å²) in [6, 6.07) is 8.47. The Morgan fingerprint density at radius 1 is 1.28 bits per heavy atom. The Labute approximate surface area is 151 Å². The second-order valence-electron chi connectivity index (χ2n) is 5.72. The van der Waals surface area contributed by atoms with Gasteiger partial charge in [-0.15, -0.1) is 5.10 Å². The lowest BCUT2D eigenvalue weighted by Crippen LogP contribution is -2.41. The Bertz CT molecular complexity index is 905. The van der Waals surface area contributed by atoms with Crippen molar-refractivity contribution in [1.29, 1.82) is 0 Å². The second-order valence-corrected chi connectivity index (χ2v) is 6.50. The second kappa shape index (κ2) is 6.95. The van der Waals surface area contributed by atoms with Gasteiger partial charge in [-0.1, -0.05) is 0 Å². The van der Waals surface area contributed by atoms with Crippen LogP contribution in [0, 0.1) is 0 Å². The first kappa shape index (κ1) is 16.2. The highest BCUT2D eigenvalue weighted by atomic mass is 79.9. The average Bonchev–Trinajstić information content (AvgIpc) is 3.35. The first-order valence-corrected chi connectivity index (χ1v) is 8.65. The summed E-state index contributed by atoms with van der Waals surface area (Å²) in [5.74, 6) is 1.40. The lowest BCUT2D eigenvalue weighted by atomic mass is 10.1. The number of rotatable bonds is 5. The van der Waals surface area contributed by atoms with E-state index in [0.717, 1.165) is 5.76 Å². The van der Waals surface area contributed by atoms with Gasteiger partial charge in [0.2, 0.25) is 0 Å². The molecule has 3 aromatic heterocycles. The maximum Gasteiger partial charge on any atom is 0.267 e. The first-order chi connectivity index (χ1) is 12.2. The fraction of sp³-hybridized carbons (Fsp3) is 0.312. The molecule has 1 aliphatic rings. The third-order valence-electron chi connectivity index (χ3n) is 4.08. The van der Waals surface area contributed by atoms with Gasteiger partial charge >= 0.3 is 0 Å². The van der Waals surface area contributed by atoms with E-state index >= 15 is 0 Å². The van der Waals surface area contributed by atoms with Crippen molar-refractivity contribution in [3.63, 3.8) is 0 Å². The normalized spacial score (nSPS) is 20.2. The van der Waals surface area contributed by atoms with E-state index in [0.29, 0.717) is 30.2 Å². The average molecular weight is 406 g/mol. The maximum absolute atomic E-state index is 12.3. The summed E-state index contributed by atoms with van der Waals surface area (Å²) in [5.41, 5.74) is -0.168. The third kappa shape index (κ3) is 3.44. The molecule has 0 saturated carbocycles. The Kier molecular flexibility index (Phi) is 4.51. The third-order valence-corrected chi connectivity index (χ3v) is 4.51. The number of aromatic nitrogens is 4. The number of hydrogen-bond donors (Lipinski definition) is 1. The van der Waals surface area contributed by atoms with Crippen LogP contribution >= 0.6 is 15.9 Å². The van der Waals surface area contributed by atoms with Crippen molar-refractivity contribution < 1.29 is 9.15 Å². The van der Waals surface area contributed by atoms with Gasteiger partial charge in [0, 0.05) is 18.5 Å². The predicted octanol–water partition coefficient (Wildman–Crippen LogP) is 1.51. The molecule has 2 atom stereocenters. The maximum atomic E-state index is 12.3. The van der Waals surface area contributed by atoms with Crippen molar-refractivity contribution in [2.24, 2.45) is 0 Å². The molecule has 4 heterocycles. The van der Waals surface area contributed by atoms with Crippen LogP contribution < -0.4 is 10.9 Å². The Hall–Kier alpha value is -2.23. The molecular formula is C16H16BrN5O3. The molecular weight excluding hydrogens is 390 g/mol. The van der Waals surface area contributed by atoms with Crippen LogP contribution in [0.25, 0.3) is 5.82 Å². The summed E-state index contributed by atoms with van der Waals surface area (Å²) in [5, 5.41) is 12.0. The van der Waals surface area contributed by atoms with Gasteiger partial charge in [-0.25, -0.2) is 9.36 Å². The van der Waals surface area contributed by atoms with Crippen LogP contribution in [0.15, 0.2) is 56.6 Å². The Balaban J connectivity index is 1.55. The predicted molar refractivity (Wildman–Crippen MR) is 92.5 cm³/mol. The molecule has 1 aliphatic heterocycles. The molecule has 0 aliphatic carbocycles. The molecule has 0 bridgehead atoms. The van der Waals surface area contributed by atoms with E-state index in [4.69, 9.17) is 9.15 Å². The number of nitrogens with one attached hydrogen (secondary N) is 1. The van der Waals surface area contributed by atoms with Gasteiger partial charge in [-0.05, 0) is 40.2 Å². The van der Waals surface area contributed by atoms with Crippen LogP contribution in [-0.4, -0.2) is 38.8 Å². The molecule has 4 rings (SSSR count). The molecule has 1 N–H and O–H groups in total. The summed E-state index contributed by atoms with van der Waals surface area (Å²) in [4.78, 5) is 12.3. The zero-order valence-electron chi connectivity index (χ0n) is 13.2. The van der Waals surface area contributed by atoms with Crippen LogP contribution in [0.1, 0.15) is 11.8 Å². The lowest BCUT2D eigenvalue weighted by molar-refractivity contribution is 0.180. The molecule has 0 spiro atoms. The monoisotopic (exact) mass is 405 g/mol. The topological polar surface area (TPSA) is 87.1 Å². The van der Waals surface area contributed by atoms with Crippen molar-refractivity contribution in [3.8, 4) is 5.82 Å². The molecule has 0 amide bonds. The van der Waals surface area contributed by atoms with Gasteiger partial charge in [0.15, 0.2) is 10.5 Å². The van der Waals surface area contributed by atoms with Crippen LogP contribution in [0.5, 0.6) is 0 Å². The number of furan rings is 1. The Morgan fingerprint density at radius 2 is 2.20 bits per heavy atom. The molecule has 0 aromatic carbocycles. The number of halogens is 1. The molecule has 9 heteroatoms. The summed E-state index contributed by atoms with van der Waals surface area (Å²) in [6.45, 7) is 1.48. The zero-order chi connectivity index (χ0) is 17.2. The highest BCUT2D eigenvalue weighted by molar-refractivity contribution is 9.10. The molecule has 3 aromatic rings. The summed E-state index contributed by atoms with van der Waals surface area (Å²) >= 11 is 3.29. The van der Waals surface area contributed by atoms with Gasteiger partial charge in [0.25, 0.3) is 5.56 Å². The number of ether oxygens (including phenoxy) is 1. The molecule has 25 heavy (non-hydrogen) atoms. The van der Waals surface area contributed by atoms with Crippen molar-refractivity contribution in [1.82, 2.24) is 24.9 Å². The molecule has 2 unspecified atom stereocenters. The largest absolute Gasteiger partial charge is 0.453 e. The summed E-state index contributed by atoms with van der Waals surface area (Å²) in [7, 11) is 0. The van der Waals surface area contributed by atoms with E-state index in [1.54, 1.807) is 23.1 Å². The van der Waals surface area contributed by atoms with Crippen molar-refractivity contribution in [2.45, 2.75) is 18.6 Å². The fourth-order valence-corrected chi connectivity index (χ4v) is 3.18. The molecule has 1 fully saturated rings. The molecule has 0 radical (unpaired) electrons. The van der Waals surface area contributed by atoms with Crippen molar-refractivity contribution in [3.05, 3.63) is 63.5 Å². The van der Waals surface area contributed by atoms with Crippen LogP contribution in [-0.2, 0) is 11.3 Å². The van der Waals surface area contributed by atoms with E-state index in [1.165, 1.54) is 10.7 Å². The summed E-state index contributed by atoms with van der Waals surface area (Å²) in [6.07, 6.45) is 3.45. The highest BCUT2D eigenvalue weighted by Gasteiger charge is 2.31. The first-order valence-electron chi connectivity index (χ1n) is 7.86.